The van der Waals surface area contributed by atoms with Crippen molar-refractivity contribution in [3.05, 3.63) is 34.5 Å². The van der Waals surface area contributed by atoms with Crippen molar-refractivity contribution in [2.24, 2.45) is 0 Å². The smallest absolute Gasteiger partial charge is 0.347 e. The Morgan fingerprint density at radius 2 is 1.95 bits per heavy atom. The zero-order valence-electron chi connectivity index (χ0n) is 12.2. The molecule has 1 saturated heterocycles. The first-order valence-corrected chi connectivity index (χ1v) is 7.60. The fourth-order valence-corrected chi connectivity index (χ4v) is 3.04. The van der Waals surface area contributed by atoms with Crippen LogP contribution in [0.25, 0.3) is 5.69 Å². The number of hydrogen-bond donors (Lipinski definition) is 1. The first-order chi connectivity index (χ1) is 10.8. The Labute approximate surface area is 127 Å². The molecule has 7 nitrogen and oxygen atoms in total. The average Bonchev–Trinajstić information content (AvgIpc) is 3.14. The Morgan fingerprint density at radius 3 is 2.82 bits per heavy atom. The molecular formula is C15H18N4O3. The fraction of sp³-hybridized carbons (Fsp3) is 0.467. The zero-order valence-corrected chi connectivity index (χ0v) is 12.2. The van der Waals surface area contributed by atoms with E-state index in [9.17, 15) is 4.79 Å². The second-order valence-corrected chi connectivity index (χ2v) is 5.65. The van der Waals surface area contributed by atoms with Crippen LogP contribution in [0.1, 0.15) is 25.1 Å². The second-order valence-electron chi connectivity index (χ2n) is 5.65. The van der Waals surface area contributed by atoms with Gasteiger partial charge in [-0.1, -0.05) is 6.42 Å². The van der Waals surface area contributed by atoms with Gasteiger partial charge in [0, 0.05) is 6.07 Å². The van der Waals surface area contributed by atoms with Crippen LogP contribution in [-0.4, -0.2) is 39.5 Å². The summed E-state index contributed by atoms with van der Waals surface area (Å²) in [5.74, 6) is 2.10. The molecule has 22 heavy (non-hydrogen) atoms. The highest BCUT2D eigenvalue weighted by Gasteiger charge is 2.19. The van der Waals surface area contributed by atoms with Crippen molar-refractivity contribution in [2.45, 2.75) is 25.8 Å². The van der Waals surface area contributed by atoms with Crippen LogP contribution in [0.4, 0.5) is 0 Å². The van der Waals surface area contributed by atoms with Crippen molar-refractivity contribution in [2.75, 3.05) is 19.9 Å². The summed E-state index contributed by atoms with van der Waals surface area (Å²) in [6.45, 7) is 3.01. The van der Waals surface area contributed by atoms with Crippen molar-refractivity contribution in [1.29, 1.82) is 0 Å². The first kappa shape index (κ1) is 13.4. The summed E-state index contributed by atoms with van der Waals surface area (Å²) in [7, 11) is 0. The molecule has 2 aliphatic rings. The zero-order chi connectivity index (χ0) is 14.9. The van der Waals surface area contributed by atoms with Gasteiger partial charge in [0.05, 0.1) is 12.2 Å². The lowest BCUT2D eigenvalue weighted by atomic mass is 10.1. The molecule has 7 heteroatoms. The van der Waals surface area contributed by atoms with Crippen LogP contribution in [0.3, 0.4) is 0 Å². The van der Waals surface area contributed by atoms with E-state index in [1.54, 1.807) is 4.57 Å². The standard InChI is InChI=1S/C15H18N4O3/c20-15-17-16-14(9-18-6-2-1-3-7-18)19(15)11-4-5-12-13(8-11)22-10-21-12/h4-5,8H,1-3,6-7,9-10H2,(H,17,20). The average molecular weight is 302 g/mol. The number of likely N-dealkylation sites (tertiary alicyclic amines) is 1. The van der Waals surface area contributed by atoms with Gasteiger partial charge < -0.3 is 9.47 Å². The molecule has 0 bridgehead atoms. The number of fused-ring (bicyclic) bond motifs is 1. The molecule has 0 atom stereocenters. The van der Waals surface area contributed by atoms with Gasteiger partial charge in [-0.2, -0.15) is 5.10 Å². The molecule has 3 heterocycles. The molecule has 0 radical (unpaired) electrons. The summed E-state index contributed by atoms with van der Waals surface area (Å²) in [5.41, 5.74) is 0.515. The third kappa shape index (κ3) is 2.37. The monoisotopic (exact) mass is 302 g/mol. The molecule has 2 aliphatic heterocycles. The molecule has 0 saturated carbocycles. The van der Waals surface area contributed by atoms with E-state index in [0.29, 0.717) is 18.0 Å². The minimum Gasteiger partial charge on any atom is -0.454 e. The third-order valence-electron chi connectivity index (χ3n) is 4.17. The van der Waals surface area contributed by atoms with Crippen molar-refractivity contribution < 1.29 is 9.47 Å². The van der Waals surface area contributed by atoms with Crippen LogP contribution in [-0.2, 0) is 6.54 Å². The summed E-state index contributed by atoms with van der Waals surface area (Å²) in [5, 5.41) is 6.74. The molecule has 0 unspecified atom stereocenters. The maximum atomic E-state index is 12.1. The molecule has 0 aliphatic carbocycles. The predicted octanol–water partition coefficient (Wildman–Crippen LogP) is 1.28. The number of H-pyrrole nitrogens is 1. The molecule has 2 aromatic rings. The van der Waals surface area contributed by atoms with Gasteiger partial charge in [0.15, 0.2) is 17.3 Å². The topological polar surface area (TPSA) is 72.4 Å². The summed E-state index contributed by atoms with van der Waals surface area (Å²) in [6.07, 6.45) is 3.70. The van der Waals surface area contributed by atoms with Crippen molar-refractivity contribution >= 4 is 0 Å². The molecule has 1 N–H and O–H groups in total. The number of nitrogens with one attached hydrogen (secondary N) is 1. The van der Waals surface area contributed by atoms with Gasteiger partial charge in [-0.15, -0.1) is 0 Å². The summed E-state index contributed by atoms with van der Waals surface area (Å²) >= 11 is 0. The lowest BCUT2D eigenvalue weighted by Gasteiger charge is -2.25. The summed E-state index contributed by atoms with van der Waals surface area (Å²) < 4.78 is 12.3. The fourth-order valence-electron chi connectivity index (χ4n) is 3.04. The highest BCUT2D eigenvalue weighted by molar-refractivity contribution is 5.50. The normalized spacial score (nSPS) is 17.8. The van der Waals surface area contributed by atoms with Crippen LogP contribution in [0.2, 0.25) is 0 Å². The number of piperidine rings is 1. The number of benzene rings is 1. The van der Waals surface area contributed by atoms with Gasteiger partial charge in [0.25, 0.3) is 0 Å². The van der Waals surface area contributed by atoms with Crippen molar-refractivity contribution in [1.82, 2.24) is 19.7 Å². The highest BCUT2D eigenvalue weighted by atomic mass is 16.7. The van der Waals surface area contributed by atoms with E-state index < -0.39 is 0 Å². The number of aromatic amines is 1. The van der Waals surface area contributed by atoms with Gasteiger partial charge in [-0.3, -0.25) is 4.90 Å². The van der Waals surface area contributed by atoms with E-state index in [-0.39, 0.29) is 12.5 Å². The molecule has 4 rings (SSSR count). The highest BCUT2D eigenvalue weighted by Crippen LogP contribution is 2.33. The Kier molecular flexibility index (Phi) is 3.34. The molecule has 0 spiro atoms. The van der Waals surface area contributed by atoms with E-state index in [1.165, 1.54) is 19.3 Å². The lowest BCUT2D eigenvalue weighted by Crippen LogP contribution is -2.31. The van der Waals surface area contributed by atoms with Gasteiger partial charge in [-0.05, 0) is 38.1 Å². The van der Waals surface area contributed by atoms with E-state index in [1.807, 2.05) is 18.2 Å². The van der Waals surface area contributed by atoms with Gasteiger partial charge in [0.1, 0.15) is 0 Å². The number of hydrogen-bond acceptors (Lipinski definition) is 5. The largest absolute Gasteiger partial charge is 0.454 e. The maximum Gasteiger partial charge on any atom is 0.347 e. The molecule has 0 amide bonds. The number of nitrogens with zero attached hydrogens (tertiary/aromatic N) is 3. The summed E-state index contributed by atoms with van der Waals surface area (Å²) in [4.78, 5) is 14.5. The number of aromatic nitrogens is 3. The molecule has 1 fully saturated rings. The van der Waals surface area contributed by atoms with Gasteiger partial charge >= 0.3 is 5.69 Å². The molecule has 1 aromatic carbocycles. The van der Waals surface area contributed by atoms with E-state index in [4.69, 9.17) is 9.47 Å². The van der Waals surface area contributed by atoms with Crippen LogP contribution < -0.4 is 15.2 Å². The Bertz CT molecular complexity index is 731. The number of rotatable bonds is 3. The van der Waals surface area contributed by atoms with Gasteiger partial charge in [0.2, 0.25) is 6.79 Å². The minimum absolute atomic E-state index is 0.222. The lowest BCUT2D eigenvalue weighted by molar-refractivity contribution is 0.174. The number of ether oxygens (including phenoxy) is 2. The second kappa shape index (κ2) is 5.49. The van der Waals surface area contributed by atoms with E-state index in [2.05, 4.69) is 15.1 Å². The molecule has 116 valence electrons. The quantitative estimate of drug-likeness (QED) is 0.924. The van der Waals surface area contributed by atoms with Crippen LogP contribution in [0.5, 0.6) is 11.5 Å². The van der Waals surface area contributed by atoms with Crippen LogP contribution in [0.15, 0.2) is 23.0 Å². The Morgan fingerprint density at radius 1 is 1.14 bits per heavy atom. The Hall–Kier alpha value is -2.28. The molecule has 1 aromatic heterocycles. The van der Waals surface area contributed by atoms with Crippen LogP contribution >= 0.6 is 0 Å². The third-order valence-corrected chi connectivity index (χ3v) is 4.17. The van der Waals surface area contributed by atoms with Crippen molar-refractivity contribution in [3.8, 4) is 17.2 Å². The van der Waals surface area contributed by atoms with E-state index in [0.717, 1.165) is 24.6 Å². The van der Waals surface area contributed by atoms with Gasteiger partial charge in [-0.25, -0.2) is 14.5 Å². The summed E-state index contributed by atoms with van der Waals surface area (Å²) in [6, 6.07) is 5.49. The van der Waals surface area contributed by atoms with Crippen LogP contribution in [0, 0.1) is 0 Å². The van der Waals surface area contributed by atoms with Crippen molar-refractivity contribution in [3.63, 3.8) is 0 Å². The predicted molar refractivity (Wildman–Crippen MR) is 79.4 cm³/mol. The first-order valence-electron chi connectivity index (χ1n) is 7.60. The Balaban J connectivity index is 1.66. The maximum absolute atomic E-state index is 12.1. The van der Waals surface area contributed by atoms with E-state index >= 15 is 0 Å². The molecular weight excluding hydrogens is 284 g/mol. The SMILES string of the molecule is O=c1[nH]nc(CN2CCCCC2)n1-c1ccc2c(c1)OCO2. The minimum atomic E-state index is -0.231.